The predicted octanol–water partition coefficient (Wildman–Crippen LogP) is 1.26. The van der Waals surface area contributed by atoms with Gasteiger partial charge < -0.3 is 11.1 Å². The Labute approximate surface area is 98.3 Å². The van der Waals surface area contributed by atoms with Gasteiger partial charge in [0.15, 0.2) is 0 Å². The molecule has 2 rings (SSSR count). The molecule has 4 N–H and O–H groups in total. The van der Waals surface area contributed by atoms with Crippen LogP contribution in [0, 0.1) is 13.8 Å². The van der Waals surface area contributed by atoms with Gasteiger partial charge in [-0.25, -0.2) is 0 Å². The SMILES string of the molecule is Cc1ccc(NC(=O)c2cn[nH]c2N)c(C)n1. The number of pyridine rings is 1. The first kappa shape index (κ1) is 11.1. The van der Waals surface area contributed by atoms with E-state index >= 15 is 0 Å². The maximum Gasteiger partial charge on any atom is 0.261 e. The molecule has 0 unspecified atom stereocenters. The second-order valence-corrected chi connectivity index (χ2v) is 3.74. The number of nitrogens with zero attached hydrogens (tertiary/aromatic N) is 2. The molecule has 0 aromatic carbocycles. The van der Waals surface area contributed by atoms with E-state index in [1.807, 2.05) is 26.0 Å². The lowest BCUT2D eigenvalue weighted by molar-refractivity contribution is 0.102. The minimum absolute atomic E-state index is 0.250. The van der Waals surface area contributed by atoms with Crippen molar-refractivity contribution in [1.29, 1.82) is 0 Å². The maximum atomic E-state index is 11.9. The number of carbonyl (C=O) groups is 1. The first-order chi connectivity index (χ1) is 8.08. The molecule has 0 radical (unpaired) electrons. The number of hydrogen-bond donors (Lipinski definition) is 3. The van der Waals surface area contributed by atoms with Gasteiger partial charge in [0, 0.05) is 5.69 Å². The fraction of sp³-hybridized carbons (Fsp3) is 0.182. The van der Waals surface area contributed by atoms with Crippen molar-refractivity contribution in [3.63, 3.8) is 0 Å². The van der Waals surface area contributed by atoms with Crippen LogP contribution in [0.1, 0.15) is 21.7 Å². The normalized spacial score (nSPS) is 10.2. The van der Waals surface area contributed by atoms with E-state index in [9.17, 15) is 4.79 Å². The summed E-state index contributed by atoms with van der Waals surface area (Å²) in [6.45, 7) is 3.73. The Kier molecular flexibility index (Phi) is 2.78. The average Bonchev–Trinajstić information content (AvgIpc) is 2.68. The average molecular weight is 231 g/mol. The molecule has 0 aliphatic rings. The third kappa shape index (κ3) is 2.25. The van der Waals surface area contributed by atoms with E-state index < -0.39 is 0 Å². The summed E-state index contributed by atoms with van der Waals surface area (Å²) in [5, 5.41) is 8.94. The van der Waals surface area contributed by atoms with Crippen LogP contribution in [0.4, 0.5) is 11.5 Å². The molecular weight excluding hydrogens is 218 g/mol. The number of amides is 1. The van der Waals surface area contributed by atoms with Crippen molar-refractivity contribution < 1.29 is 4.79 Å². The quantitative estimate of drug-likeness (QED) is 0.724. The molecular formula is C11H13N5O. The minimum atomic E-state index is -0.301. The van der Waals surface area contributed by atoms with E-state index in [1.54, 1.807) is 0 Å². The molecule has 2 aromatic heterocycles. The van der Waals surface area contributed by atoms with Crippen LogP contribution in [0.3, 0.4) is 0 Å². The Balaban J connectivity index is 2.22. The summed E-state index contributed by atoms with van der Waals surface area (Å²) in [4.78, 5) is 16.1. The summed E-state index contributed by atoms with van der Waals surface area (Å²) < 4.78 is 0. The van der Waals surface area contributed by atoms with Crippen molar-refractivity contribution in [2.24, 2.45) is 0 Å². The highest BCUT2D eigenvalue weighted by molar-refractivity contribution is 6.07. The van der Waals surface area contributed by atoms with Crippen LogP contribution in [-0.4, -0.2) is 21.1 Å². The summed E-state index contributed by atoms with van der Waals surface area (Å²) in [6, 6.07) is 3.65. The third-order valence-electron chi connectivity index (χ3n) is 2.39. The highest BCUT2D eigenvalue weighted by Crippen LogP contribution is 2.15. The number of H-pyrrole nitrogens is 1. The zero-order chi connectivity index (χ0) is 12.4. The van der Waals surface area contributed by atoms with Crippen molar-refractivity contribution in [3.05, 3.63) is 35.3 Å². The molecule has 0 saturated heterocycles. The van der Waals surface area contributed by atoms with Gasteiger partial charge in [-0.1, -0.05) is 0 Å². The number of anilines is 2. The second-order valence-electron chi connectivity index (χ2n) is 3.74. The Morgan fingerprint density at radius 3 is 2.76 bits per heavy atom. The molecule has 6 nitrogen and oxygen atoms in total. The molecule has 17 heavy (non-hydrogen) atoms. The summed E-state index contributed by atoms with van der Waals surface area (Å²) in [7, 11) is 0. The van der Waals surface area contributed by atoms with Crippen molar-refractivity contribution in [2.45, 2.75) is 13.8 Å². The summed E-state index contributed by atoms with van der Waals surface area (Å²) in [5.74, 6) is -0.0507. The van der Waals surface area contributed by atoms with Gasteiger partial charge in [0.25, 0.3) is 5.91 Å². The van der Waals surface area contributed by atoms with Crippen LogP contribution in [0.2, 0.25) is 0 Å². The number of rotatable bonds is 2. The van der Waals surface area contributed by atoms with Crippen molar-refractivity contribution >= 4 is 17.4 Å². The van der Waals surface area contributed by atoms with E-state index in [2.05, 4.69) is 20.5 Å². The van der Waals surface area contributed by atoms with Gasteiger partial charge >= 0.3 is 0 Å². The monoisotopic (exact) mass is 231 g/mol. The summed E-state index contributed by atoms with van der Waals surface area (Å²) in [6.07, 6.45) is 1.39. The molecule has 2 aromatic rings. The minimum Gasteiger partial charge on any atom is -0.383 e. The Hall–Kier alpha value is -2.37. The van der Waals surface area contributed by atoms with E-state index in [-0.39, 0.29) is 11.7 Å². The topological polar surface area (TPSA) is 96.7 Å². The zero-order valence-electron chi connectivity index (χ0n) is 9.61. The Bertz CT molecular complexity index is 561. The molecule has 0 aliphatic heterocycles. The third-order valence-corrected chi connectivity index (χ3v) is 2.39. The molecule has 0 bridgehead atoms. The van der Waals surface area contributed by atoms with Gasteiger partial charge in [-0.2, -0.15) is 5.10 Å². The van der Waals surface area contributed by atoms with Gasteiger partial charge in [0.2, 0.25) is 0 Å². The maximum absolute atomic E-state index is 11.9. The summed E-state index contributed by atoms with van der Waals surface area (Å²) in [5.41, 5.74) is 8.22. The molecule has 0 aliphatic carbocycles. The zero-order valence-corrected chi connectivity index (χ0v) is 9.61. The smallest absolute Gasteiger partial charge is 0.261 e. The first-order valence-electron chi connectivity index (χ1n) is 5.12. The molecule has 0 atom stereocenters. The van der Waals surface area contributed by atoms with Crippen LogP contribution >= 0.6 is 0 Å². The van der Waals surface area contributed by atoms with Crippen LogP contribution in [0.15, 0.2) is 18.3 Å². The molecule has 0 saturated carbocycles. The fourth-order valence-electron chi connectivity index (χ4n) is 1.49. The largest absolute Gasteiger partial charge is 0.383 e. The van der Waals surface area contributed by atoms with E-state index in [4.69, 9.17) is 5.73 Å². The first-order valence-corrected chi connectivity index (χ1v) is 5.12. The van der Waals surface area contributed by atoms with E-state index in [1.165, 1.54) is 6.20 Å². The molecule has 1 amide bonds. The molecule has 0 fully saturated rings. The van der Waals surface area contributed by atoms with Crippen molar-refractivity contribution in [2.75, 3.05) is 11.1 Å². The number of aryl methyl sites for hydroxylation is 2. The predicted molar refractivity (Wildman–Crippen MR) is 64.7 cm³/mol. The molecule has 0 spiro atoms. The number of aromatic nitrogens is 3. The van der Waals surface area contributed by atoms with E-state index in [0.29, 0.717) is 11.3 Å². The van der Waals surface area contributed by atoms with Crippen LogP contribution in [0.5, 0.6) is 0 Å². The van der Waals surface area contributed by atoms with Crippen molar-refractivity contribution in [1.82, 2.24) is 15.2 Å². The number of nitrogens with two attached hydrogens (primary N) is 1. The lowest BCUT2D eigenvalue weighted by atomic mass is 10.2. The van der Waals surface area contributed by atoms with Crippen molar-refractivity contribution in [3.8, 4) is 0 Å². The fourth-order valence-corrected chi connectivity index (χ4v) is 1.49. The molecule has 6 heteroatoms. The van der Waals surface area contributed by atoms with Crippen LogP contribution in [-0.2, 0) is 0 Å². The standard InChI is InChI=1S/C11H13N5O/c1-6-3-4-9(7(2)14-6)15-11(17)8-5-13-16-10(8)12/h3-5H,1-2H3,(H,15,17)(H3,12,13,16). The van der Waals surface area contributed by atoms with Crippen LogP contribution < -0.4 is 11.1 Å². The Morgan fingerprint density at radius 2 is 2.18 bits per heavy atom. The highest BCUT2D eigenvalue weighted by Gasteiger charge is 2.12. The highest BCUT2D eigenvalue weighted by atomic mass is 16.1. The van der Waals surface area contributed by atoms with Gasteiger partial charge in [-0.05, 0) is 26.0 Å². The number of nitrogens with one attached hydrogen (secondary N) is 2. The number of aromatic amines is 1. The molecule has 88 valence electrons. The number of nitrogen functional groups attached to an aromatic ring is 1. The number of hydrogen-bond acceptors (Lipinski definition) is 4. The van der Waals surface area contributed by atoms with Gasteiger partial charge in [0.1, 0.15) is 11.4 Å². The van der Waals surface area contributed by atoms with E-state index in [0.717, 1.165) is 11.4 Å². The van der Waals surface area contributed by atoms with Crippen LogP contribution in [0.25, 0.3) is 0 Å². The van der Waals surface area contributed by atoms with Gasteiger partial charge in [-0.3, -0.25) is 14.9 Å². The van der Waals surface area contributed by atoms with Gasteiger partial charge in [0.05, 0.1) is 17.6 Å². The Morgan fingerprint density at radius 1 is 1.41 bits per heavy atom. The summed E-state index contributed by atoms with van der Waals surface area (Å²) >= 11 is 0. The lowest BCUT2D eigenvalue weighted by Crippen LogP contribution is -2.14. The number of carbonyl (C=O) groups excluding carboxylic acids is 1. The molecule has 2 heterocycles. The lowest BCUT2D eigenvalue weighted by Gasteiger charge is -2.07. The van der Waals surface area contributed by atoms with Gasteiger partial charge in [-0.15, -0.1) is 0 Å². The second kappa shape index (κ2) is 4.25.